The fraction of sp³-hybridized carbons (Fsp3) is 0.455. The smallest absolute Gasteiger partial charge is 0.355 e. The lowest BCUT2D eigenvalue weighted by molar-refractivity contribution is 0.147. The van der Waals surface area contributed by atoms with Crippen molar-refractivity contribution in [2.24, 2.45) is 0 Å². The highest BCUT2D eigenvalue weighted by molar-refractivity contribution is 6.45. The van der Waals surface area contributed by atoms with Gasteiger partial charge >= 0.3 is 9.28 Å². The molecule has 15 heavy (non-hydrogen) atoms. The molecule has 0 aliphatic rings. The van der Waals surface area contributed by atoms with Gasteiger partial charge in [-0.15, -0.1) is 0 Å². The Morgan fingerprint density at radius 2 is 2.00 bits per heavy atom. The lowest BCUT2D eigenvalue weighted by atomic mass is 10.2. The van der Waals surface area contributed by atoms with Gasteiger partial charge in [-0.05, 0) is 12.0 Å². The maximum atomic E-state index is 10.0. The van der Waals surface area contributed by atoms with Gasteiger partial charge in [-0.25, -0.2) is 0 Å². The molecule has 0 heterocycles. The summed E-state index contributed by atoms with van der Waals surface area (Å²) in [5.74, 6) is 0. The fourth-order valence-electron chi connectivity index (χ4n) is 1.33. The minimum atomic E-state index is -2.00. The second-order valence-corrected chi connectivity index (χ2v) is 5.50. The molecule has 0 saturated carbocycles. The van der Waals surface area contributed by atoms with Gasteiger partial charge in [0.25, 0.3) is 0 Å². The monoisotopic (exact) mass is 226 g/mol. The largest absolute Gasteiger partial charge is 0.398 e. The van der Waals surface area contributed by atoms with Gasteiger partial charge in [-0.1, -0.05) is 37.3 Å². The van der Waals surface area contributed by atoms with Crippen molar-refractivity contribution in [1.82, 2.24) is 0 Å². The van der Waals surface area contributed by atoms with Gasteiger partial charge in [0.1, 0.15) is 5.73 Å². The molecule has 2 atom stereocenters. The van der Waals surface area contributed by atoms with Crippen LogP contribution in [0.1, 0.15) is 24.6 Å². The van der Waals surface area contributed by atoms with Crippen molar-refractivity contribution in [2.75, 3.05) is 13.7 Å². The van der Waals surface area contributed by atoms with Crippen LogP contribution in [0.4, 0.5) is 0 Å². The molecule has 0 fully saturated rings. The van der Waals surface area contributed by atoms with E-state index in [0.717, 1.165) is 12.0 Å². The maximum Gasteiger partial charge on any atom is 0.355 e. The van der Waals surface area contributed by atoms with Crippen molar-refractivity contribution in [2.45, 2.75) is 19.1 Å². The molecule has 84 valence electrons. The van der Waals surface area contributed by atoms with Crippen molar-refractivity contribution in [3.05, 3.63) is 35.9 Å². The summed E-state index contributed by atoms with van der Waals surface area (Å²) < 4.78 is 10.8. The molecule has 4 heteroatoms. The zero-order chi connectivity index (χ0) is 11.1. The van der Waals surface area contributed by atoms with Gasteiger partial charge in [0.05, 0.1) is 0 Å². The summed E-state index contributed by atoms with van der Waals surface area (Å²) in [6, 6.07) is 9.50. The number of hydrogen-bond acceptors (Lipinski definition) is 3. The number of benzene rings is 1. The van der Waals surface area contributed by atoms with E-state index in [1.165, 1.54) is 0 Å². The zero-order valence-corrected chi connectivity index (χ0v) is 10.4. The Morgan fingerprint density at radius 1 is 1.33 bits per heavy atom. The van der Waals surface area contributed by atoms with Crippen molar-refractivity contribution in [1.29, 1.82) is 0 Å². The number of hydrogen-bond donors (Lipinski definition) is 1. The first-order valence-electron chi connectivity index (χ1n) is 5.17. The van der Waals surface area contributed by atoms with Crippen LogP contribution in [-0.2, 0) is 8.85 Å². The van der Waals surface area contributed by atoms with Gasteiger partial charge in [0.2, 0.25) is 0 Å². The fourth-order valence-corrected chi connectivity index (χ4v) is 2.91. The highest BCUT2D eigenvalue weighted by Gasteiger charge is 2.24. The van der Waals surface area contributed by atoms with Crippen LogP contribution in [-0.4, -0.2) is 28.1 Å². The van der Waals surface area contributed by atoms with Gasteiger partial charge in [-0.2, -0.15) is 0 Å². The van der Waals surface area contributed by atoms with E-state index in [1.54, 1.807) is 7.11 Å². The van der Waals surface area contributed by atoms with Crippen LogP contribution in [0.5, 0.6) is 0 Å². The Hall–Kier alpha value is -0.683. The Kier molecular flexibility index (Phi) is 5.56. The Balaban J connectivity index is 2.60. The highest BCUT2D eigenvalue weighted by atomic mass is 28.3. The minimum Gasteiger partial charge on any atom is -0.398 e. The molecule has 2 unspecified atom stereocenters. The van der Waals surface area contributed by atoms with E-state index in [-0.39, 0.29) is 0 Å². The molecule has 0 aliphatic heterocycles. The molecular formula is C11H18O3Si. The molecule has 1 rings (SSSR count). The van der Waals surface area contributed by atoms with Gasteiger partial charge in [0, 0.05) is 13.7 Å². The maximum absolute atomic E-state index is 10.0. The standard InChI is InChI=1S/C11H18O3Si/c1-3-9-14-15(13-2)11(12)10-7-5-4-6-8-10/h4-8,11-12,15H,3,9H2,1-2H3. The first-order valence-corrected chi connectivity index (χ1v) is 6.78. The van der Waals surface area contributed by atoms with Crippen LogP contribution in [0.25, 0.3) is 0 Å². The van der Waals surface area contributed by atoms with Crippen molar-refractivity contribution < 1.29 is 14.0 Å². The van der Waals surface area contributed by atoms with E-state index in [1.807, 2.05) is 37.3 Å². The van der Waals surface area contributed by atoms with Crippen molar-refractivity contribution in [3.8, 4) is 0 Å². The molecule has 3 nitrogen and oxygen atoms in total. The van der Waals surface area contributed by atoms with E-state index in [0.29, 0.717) is 6.61 Å². The van der Waals surface area contributed by atoms with Crippen LogP contribution in [0.3, 0.4) is 0 Å². The van der Waals surface area contributed by atoms with Crippen LogP contribution < -0.4 is 0 Å². The predicted molar refractivity (Wildman–Crippen MR) is 61.8 cm³/mol. The molecule has 0 radical (unpaired) electrons. The lowest BCUT2D eigenvalue weighted by Gasteiger charge is -2.19. The van der Waals surface area contributed by atoms with Gasteiger partial charge < -0.3 is 14.0 Å². The first kappa shape index (κ1) is 12.4. The van der Waals surface area contributed by atoms with E-state index >= 15 is 0 Å². The summed E-state index contributed by atoms with van der Waals surface area (Å²) in [5, 5.41) is 10.0. The van der Waals surface area contributed by atoms with E-state index in [4.69, 9.17) is 8.85 Å². The Morgan fingerprint density at radius 3 is 2.53 bits per heavy atom. The molecule has 0 aromatic heterocycles. The summed E-state index contributed by atoms with van der Waals surface area (Å²) in [4.78, 5) is 0. The van der Waals surface area contributed by atoms with Crippen LogP contribution in [0, 0.1) is 0 Å². The predicted octanol–water partition coefficient (Wildman–Crippen LogP) is 1.55. The van der Waals surface area contributed by atoms with E-state index < -0.39 is 15.0 Å². The summed E-state index contributed by atoms with van der Waals surface area (Å²) in [6.07, 6.45) is 0.939. The molecule has 0 amide bonds. The highest BCUT2D eigenvalue weighted by Crippen LogP contribution is 2.16. The number of aliphatic hydroxyl groups is 1. The van der Waals surface area contributed by atoms with Crippen molar-refractivity contribution >= 4 is 9.28 Å². The molecule has 0 bridgehead atoms. The number of rotatable bonds is 6. The third kappa shape index (κ3) is 3.75. The van der Waals surface area contributed by atoms with Crippen LogP contribution in [0.15, 0.2) is 30.3 Å². The third-order valence-electron chi connectivity index (χ3n) is 2.12. The average Bonchev–Trinajstić information content (AvgIpc) is 2.31. The summed E-state index contributed by atoms with van der Waals surface area (Å²) in [5.41, 5.74) is 0.273. The molecule has 0 aliphatic carbocycles. The second kappa shape index (κ2) is 6.74. The summed E-state index contributed by atoms with van der Waals surface area (Å²) >= 11 is 0. The van der Waals surface area contributed by atoms with Gasteiger partial charge in [0.15, 0.2) is 0 Å². The molecule has 0 spiro atoms. The van der Waals surface area contributed by atoms with Crippen molar-refractivity contribution in [3.63, 3.8) is 0 Å². The number of aliphatic hydroxyl groups excluding tert-OH is 1. The topological polar surface area (TPSA) is 38.7 Å². The van der Waals surface area contributed by atoms with Crippen LogP contribution in [0.2, 0.25) is 0 Å². The summed E-state index contributed by atoms with van der Waals surface area (Å²) in [6.45, 7) is 2.69. The first-order chi connectivity index (χ1) is 7.29. The third-order valence-corrected chi connectivity index (χ3v) is 4.05. The van der Waals surface area contributed by atoms with Crippen LogP contribution >= 0.6 is 0 Å². The molecular weight excluding hydrogens is 208 g/mol. The Bertz CT molecular complexity index is 266. The van der Waals surface area contributed by atoms with Gasteiger partial charge in [-0.3, -0.25) is 0 Å². The summed E-state index contributed by atoms with van der Waals surface area (Å²) in [7, 11) is -0.400. The van der Waals surface area contributed by atoms with E-state index in [9.17, 15) is 5.11 Å². The zero-order valence-electron chi connectivity index (χ0n) is 9.22. The molecule has 1 aromatic carbocycles. The van der Waals surface area contributed by atoms with E-state index in [2.05, 4.69) is 0 Å². The second-order valence-electron chi connectivity index (χ2n) is 3.33. The Labute approximate surface area is 92.5 Å². The SMILES string of the molecule is CCCO[SiH](OC)C(O)c1ccccc1. The quantitative estimate of drug-likeness (QED) is 0.748. The molecule has 0 saturated heterocycles. The normalized spacial score (nSPS) is 14.9. The average molecular weight is 226 g/mol. The lowest BCUT2D eigenvalue weighted by Crippen LogP contribution is -2.30. The minimum absolute atomic E-state index is 0.595. The molecule has 1 N–H and O–H groups in total. The molecule has 1 aromatic rings.